The van der Waals surface area contributed by atoms with Gasteiger partial charge in [0.1, 0.15) is 5.75 Å². The minimum Gasteiger partial charge on any atom is -0.504 e. The number of amides is 1. The van der Waals surface area contributed by atoms with E-state index in [4.69, 9.17) is 14.5 Å². The molecule has 0 aliphatic rings. The molecule has 2 N–H and O–H groups in total. The Morgan fingerprint density at radius 1 is 1.09 bits per heavy atom. The van der Waals surface area contributed by atoms with Gasteiger partial charge in [0, 0.05) is 16.5 Å². The zero-order valence-electron chi connectivity index (χ0n) is 19.9. The van der Waals surface area contributed by atoms with E-state index < -0.39 is 5.91 Å². The van der Waals surface area contributed by atoms with Crippen molar-refractivity contribution in [1.82, 2.24) is 10.4 Å². The van der Waals surface area contributed by atoms with E-state index in [1.165, 1.54) is 13.3 Å². The van der Waals surface area contributed by atoms with Crippen LogP contribution in [0.2, 0.25) is 0 Å². The molecule has 0 aliphatic carbocycles. The highest BCUT2D eigenvalue weighted by molar-refractivity contribution is 6.07. The van der Waals surface area contributed by atoms with Crippen molar-refractivity contribution in [3.8, 4) is 28.5 Å². The number of hydrogen-bond acceptors (Lipinski definition) is 6. The number of nitrogens with zero attached hydrogens (tertiary/aromatic N) is 2. The highest BCUT2D eigenvalue weighted by atomic mass is 16.5. The molecular formula is C28H27N3O4. The molecule has 0 fully saturated rings. The SMILES string of the molecule is COc1cccc(/C=N/NC(=O)c2cc(-c3cccc(OCC(C)C)c3)nc3ccccc23)c1O. The van der Waals surface area contributed by atoms with Crippen molar-refractivity contribution >= 4 is 23.0 Å². The van der Waals surface area contributed by atoms with Gasteiger partial charge in [0.25, 0.3) is 5.91 Å². The quantitative estimate of drug-likeness (QED) is 0.266. The molecule has 0 aliphatic heterocycles. The number of aromatic nitrogens is 1. The molecule has 1 heterocycles. The summed E-state index contributed by atoms with van der Waals surface area (Å²) in [4.78, 5) is 17.9. The normalized spacial score (nSPS) is 11.2. The third-order valence-electron chi connectivity index (χ3n) is 5.29. The number of pyridine rings is 1. The zero-order chi connectivity index (χ0) is 24.8. The van der Waals surface area contributed by atoms with E-state index in [0.29, 0.717) is 46.0 Å². The number of phenols is 1. The number of ether oxygens (including phenoxy) is 2. The molecule has 0 unspecified atom stereocenters. The van der Waals surface area contributed by atoms with Crippen molar-refractivity contribution in [1.29, 1.82) is 0 Å². The highest BCUT2D eigenvalue weighted by Crippen LogP contribution is 2.29. The first-order valence-electron chi connectivity index (χ1n) is 11.3. The van der Waals surface area contributed by atoms with Crippen LogP contribution in [0.15, 0.2) is 77.9 Å². The molecule has 0 bridgehead atoms. The van der Waals surface area contributed by atoms with Gasteiger partial charge in [-0.1, -0.05) is 50.2 Å². The summed E-state index contributed by atoms with van der Waals surface area (Å²) in [7, 11) is 1.47. The first-order chi connectivity index (χ1) is 17.0. The minimum atomic E-state index is -0.393. The second kappa shape index (κ2) is 10.7. The largest absolute Gasteiger partial charge is 0.504 e. The van der Waals surface area contributed by atoms with Crippen molar-refractivity contribution in [2.75, 3.05) is 13.7 Å². The van der Waals surface area contributed by atoms with Gasteiger partial charge in [-0.05, 0) is 42.3 Å². The van der Waals surface area contributed by atoms with Gasteiger partial charge in [-0.2, -0.15) is 5.10 Å². The van der Waals surface area contributed by atoms with Crippen LogP contribution in [0, 0.1) is 5.92 Å². The molecule has 1 amide bonds. The number of hydrazone groups is 1. The number of para-hydroxylation sites is 2. The lowest BCUT2D eigenvalue weighted by atomic mass is 10.0. The third kappa shape index (κ3) is 5.58. The van der Waals surface area contributed by atoms with Crippen molar-refractivity contribution in [3.05, 3.63) is 83.9 Å². The van der Waals surface area contributed by atoms with Crippen LogP contribution in [0.4, 0.5) is 0 Å². The Morgan fingerprint density at radius 2 is 1.89 bits per heavy atom. The molecule has 1 aromatic heterocycles. The number of rotatable bonds is 8. The van der Waals surface area contributed by atoms with Crippen LogP contribution in [0.1, 0.15) is 29.8 Å². The second-order valence-electron chi connectivity index (χ2n) is 8.40. The third-order valence-corrected chi connectivity index (χ3v) is 5.29. The van der Waals surface area contributed by atoms with E-state index in [0.717, 1.165) is 11.3 Å². The first kappa shape index (κ1) is 23.8. The van der Waals surface area contributed by atoms with Crippen molar-refractivity contribution in [2.45, 2.75) is 13.8 Å². The molecule has 7 nitrogen and oxygen atoms in total. The van der Waals surface area contributed by atoms with Crippen molar-refractivity contribution in [2.24, 2.45) is 11.0 Å². The minimum absolute atomic E-state index is 0.0517. The maximum atomic E-state index is 13.1. The fraction of sp³-hybridized carbons (Fsp3) is 0.179. The summed E-state index contributed by atoms with van der Waals surface area (Å²) in [6, 6.07) is 21.9. The van der Waals surface area contributed by atoms with Crippen LogP contribution in [0.5, 0.6) is 17.2 Å². The van der Waals surface area contributed by atoms with E-state index in [1.807, 2.05) is 48.5 Å². The number of fused-ring (bicyclic) bond motifs is 1. The van der Waals surface area contributed by atoms with Gasteiger partial charge >= 0.3 is 0 Å². The van der Waals surface area contributed by atoms with E-state index >= 15 is 0 Å². The van der Waals surface area contributed by atoms with Crippen LogP contribution in [-0.2, 0) is 0 Å². The van der Waals surface area contributed by atoms with Gasteiger partial charge < -0.3 is 14.6 Å². The second-order valence-corrected chi connectivity index (χ2v) is 8.40. The maximum Gasteiger partial charge on any atom is 0.272 e. The molecule has 3 aromatic carbocycles. The monoisotopic (exact) mass is 469 g/mol. The topological polar surface area (TPSA) is 93.0 Å². The molecule has 7 heteroatoms. The Morgan fingerprint density at radius 3 is 2.69 bits per heavy atom. The molecule has 4 rings (SSSR count). The van der Waals surface area contributed by atoms with Gasteiger partial charge in [0.15, 0.2) is 11.5 Å². The Balaban J connectivity index is 1.64. The highest BCUT2D eigenvalue weighted by Gasteiger charge is 2.14. The Kier molecular flexibility index (Phi) is 7.26. The van der Waals surface area contributed by atoms with Gasteiger partial charge in [-0.3, -0.25) is 4.79 Å². The Bertz CT molecular complexity index is 1380. The molecular weight excluding hydrogens is 442 g/mol. The predicted molar refractivity (Wildman–Crippen MR) is 137 cm³/mol. The van der Waals surface area contributed by atoms with Gasteiger partial charge in [-0.15, -0.1) is 0 Å². The summed E-state index contributed by atoms with van der Waals surface area (Å²) in [5.74, 6) is 1.04. The number of phenolic OH excluding ortho intramolecular Hbond substituents is 1. The van der Waals surface area contributed by atoms with Gasteiger partial charge in [0.2, 0.25) is 0 Å². The standard InChI is InChI=1S/C28H27N3O4/c1-18(2)17-35-21-10-6-8-19(14-21)25-15-23(22-11-4-5-12-24(22)30-25)28(33)31-29-16-20-9-7-13-26(34-3)27(20)32/h4-16,18,32H,17H2,1-3H3,(H,31,33)/b29-16+. The predicted octanol–water partition coefficient (Wildman–Crippen LogP) is 5.41. The number of carbonyl (C=O) groups is 1. The first-order valence-corrected chi connectivity index (χ1v) is 11.3. The number of carbonyl (C=O) groups excluding carboxylic acids is 1. The molecule has 0 spiro atoms. The fourth-order valence-electron chi connectivity index (χ4n) is 3.55. The molecule has 178 valence electrons. The Hall–Kier alpha value is -4.39. The lowest BCUT2D eigenvalue weighted by Gasteiger charge is -2.12. The van der Waals surface area contributed by atoms with Crippen molar-refractivity contribution < 1.29 is 19.4 Å². The number of nitrogens with one attached hydrogen (secondary N) is 1. The van der Waals surface area contributed by atoms with E-state index in [9.17, 15) is 9.90 Å². The maximum absolute atomic E-state index is 13.1. The van der Waals surface area contributed by atoms with Crippen molar-refractivity contribution in [3.63, 3.8) is 0 Å². The van der Waals surface area contributed by atoms with Crippen LogP contribution < -0.4 is 14.9 Å². The molecule has 0 radical (unpaired) electrons. The number of aromatic hydroxyl groups is 1. The summed E-state index contributed by atoms with van der Waals surface area (Å²) >= 11 is 0. The number of benzene rings is 3. The van der Waals surface area contributed by atoms with Crippen LogP contribution >= 0.6 is 0 Å². The van der Waals surface area contributed by atoms with E-state index in [-0.39, 0.29) is 5.75 Å². The summed E-state index contributed by atoms with van der Waals surface area (Å²) in [6.45, 7) is 4.80. The molecule has 0 saturated carbocycles. The summed E-state index contributed by atoms with van der Waals surface area (Å²) in [6.07, 6.45) is 1.37. The molecule has 4 aromatic rings. The smallest absolute Gasteiger partial charge is 0.272 e. The molecule has 35 heavy (non-hydrogen) atoms. The van der Waals surface area contributed by atoms with E-state index in [2.05, 4.69) is 24.4 Å². The average molecular weight is 470 g/mol. The number of methoxy groups -OCH3 is 1. The number of hydrogen-bond donors (Lipinski definition) is 2. The summed E-state index contributed by atoms with van der Waals surface area (Å²) in [5.41, 5.74) is 5.60. The van der Waals surface area contributed by atoms with Gasteiger partial charge in [0.05, 0.1) is 36.7 Å². The van der Waals surface area contributed by atoms with Crippen LogP contribution in [0.25, 0.3) is 22.2 Å². The van der Waals surface area contributed by atoms with Crippen LogP contribution in [0.3, 0.4) is 0 Å². The van der Waals surface area contributed by atoms with E-state index in [1.54, 1.807) is 24.3 Å². The lowest BCUT2D eigenvalue weighted by Crippen LogP contribution is -2.18. The average Bonchev–Trinajstić information content (AvgIpc) is 2.88. The molecule has 0 atom stereocenters. The fourth-order valence-corrected chi connectivity index (χ4v) is 3.55. The van der Waals surface area contributed by atoms with Crippen LogP contribution in [-0.4, -0.2) is 35.9 Å². The zero-order valence-corrected chi connectivity index (χ0v) is 19.9. The summed E-state index contributed by atoms with van der Waals surface area (Å²) < 4.78 is 11.0. The molecule has 0 saturated heterocycles. The van der Waals surface area contributed by atoms with Gasteiger partial charge in [-0.25, -0.2) is 10.4 Å². The summed E-state index contributed by atoms with van der Waals surface area (Å²) in [5, 5.41) is 15.0. The lowest BCUT2D eigenvalue weighted by molar-refractivity contribution is 0.0956. The Labute approximate surface area is 204 Å².